The van der Waals surface area contributed by atoms with Gasteiger partial charge in [0, 0.05) is 12.3 Å². The summed E-state index contributed by atoms with van der Waals surface area (Å²) in [5.41, 5.74) is -0.286. The van der Waals surface area contributed by atoms with Crippen molar-refractivity contribution in [2.45, 2.75) is 0 Å². The van der Waals surface area contributed by atoms with Crippen LogP contribution in [0, 0.1) is 5.82 Å². The number of benzene rings is 1. The molecule has 2 rings (SSSR count). The summed E-state index contributed by atoms with van der Waals surface area (Å²) < 4.78 is 23.3. The Morgan fingerprint density at radius 1 is 1.32 bits per heavy atom. The first-order valence-electron chi connectivity index (χ1n) is 6.54. The fourth-order valence-corrected chi connectivity index (χ4v) is 1.73. The molecule has 2 N–H and O–H groups in total. The molecule has 0 saturated carbocycles. The van der Waals surface area contributed by atoms with Gasteiger partial charge in [-0.05, 0) is 12.1 Å². The maximum atomic E-state index is 13.3. The van der Waals surface area contributed by atoms with Crippen LogP contribution in [0.25, 0.3) is 0 Å². The Morgan fingerprint density at radius 3 is 2.77 bits per heavy atom. The van der Waals surface area contributed by atoms with Crippen molar-refractivity contribution in [1.82, 2.24) is 10.3 Å². The lowest BCUT2D eigenvalue weighted by atomic mass is 10.3. The molecule has 0 spiro atoms. The number of pyridine rings is 1. The molecule has 0 aliphatic carbocycles. The maximum absolute atomic E-state index is 13.3. The molecule has 0 aliphatic heterocycles. The number of H-pyrrole nitrogens is 1. The monoisotopic (exact) mass is 306 g/mol. The number of halogens is 1. The zero-order valence-corrected chi connectivity index (χ0v) is 11.9. The summed E-state index contributed by atoms with van der Waals surface area (Å²) in [5.74, 6) is -0.681. The molecule has 1 aromatic carbocycles. The lowest BCUT2D eigenvalue weighted by Gasteiger charge is -2.08. The zero-order valence-electron chi connectivity index (χ0n) is 11.9. The van der Waals surface area contributed by atoms with Gasteiger partial charge in [0.25, 0.3) is 5.91 Å². The quantitative estimate of drug-likeness (QED) is 0.789. The molecular formula is C15H15FN2O4. The highest BCUT2D eigenvalue weighted by molar-refractivity contribution is 5.92. The summed E-state index contributed by atoms with van der Waals surface area (Å²) in [6, 6.07) is 7.14. The molecule has 0 unspecified atom stereocenters. The molecule has 6 nitrogen and oxygen atoms in total. The smallest absolute Gasteiger partial charge is 0.267 e. The summed E-state index contributed by atoms with van der Waals surface area (Å²) in [6.07, 6.45) is 1.31. The van der Waals surface area contributed by atoms with Crippen molar-refractivity contribution in [3.63, 3.8) is 0 Å². The summed E-state index contributed by atoms with van der Waals surface area (Å²) in [7, 11) is 1.37. The molecule has 7 heteroatoms. The van der Waals surface area contributed by atoms with Gasteiger partial charge in [0.1, 0.15) is 12.3 Å². The van der Waals surface area contributed by atoms with Crippen LogP contribution >= 0.6 is 0 Å². The topological polar surface area (TPSA) is 80.4 Å². The molecule has 0 bridgehead atoms. The second-order valence-corrected chi connectivity index (χ2v) is 4.31. The summed E-state index contributed by atoms with van der Waals surface area (Å²) in [5, 5.41) is 2.56. The van der Waals surface area contributed by atoms with Crippen molar-refractivity contribution < 1.29 is 18.7 Å². The van der Waals surface area contributed by atoms with Crippen molar-refractivity contribution in [2.75, 3.05) is 20.3 Å². The van der Waals surface area contributed by atoms with E-state index in [1.54, 1.807) is 12.1 Å². The molecule has 2 aromatic rings. The molecule has 116 valence electrons. The second-order valence-electron chi connectivity index (χ2n) is 4.31. The molecule has 22 heavy (non-hydrogen) atoms. The second kappa shape index (κ2) is 7.26. The highest BCUT2D eigenvalue weighted by Gasteiger charge is 2.09. The van der Waals surface area contributed by atoms with Gasteiger partial charge in [0.2, 0.25) is 5.43 Å². The van der Waals surface area contributed by atoms with Crippen LogP contribution in [0.2, 0.25) is 0 Å². The molecule has 1 amide bonds. The first-order chi connectivity index (χ1) is 10.6. The van der Waals surface area contributed by atoms with Crippen molar-refractivity contribution in [3.05, 3.63) is 58.3 Å². The van der Waals surface area contributed by atoms with Gasteiger partial charge in [-0.2, -0.15) is 0 Å². The Bertz CT molecular complexity index is 715. The number of ether oxygens (including phenoxy) is 2. The number of aromatic amines is 1. The standard InChI is InChI=1S/C15H15FN2O4/c1-21-14-9-18-11(8-12(14)19)15(20)17-6-7-22-13-5-3-2-4-10(13)16/h2-5,8-9H,6-7H2,1H3,(H,17,20)(H,18,19). The van der Waals surface area contributed by atoms with Crippen molar-refractivity contribution in [1.29, 1.82) is 0 Å². The number of rotatable bonds is 6. The van der Waals surface area contributed by atoms with Gasteiger partial charge >= 0.3 is 0 Å². The Labute approximate surface area is 125 Å². The third kappa shape index (κ3) is 3.85. The Balaban J connectivity index is 1.84. The van der Waals surface area contributed by atoms with Crippen LogP contribution in [-0.4, -0.2) is 31.2 Å². The van der Waals surface area contributed by atoms with Gasteiger partial charge in [-0.25, -0.2) is 4.39 Å². The Hall–Kier alpha value is -2.83. The fourth-order valence-electron chi connectivity index (χ4n) is 1.73. The predicted octanol–water partition coefficient (Wildman–Crippen LogP) is 1.33. The third-order valence-electron chi connectivity index (χ3n) is 2.82. The van der Waals surface area contributed by atoms with E-state index in [-0.39, 0.29) is 30.3 Å². The highest BCUT2D eigenvalue weighted by Crippen LogP contribution is 2.14. The van der Waals surface area contributed by atoms with E-state index in [1.165, 1.54) is 25.4 Å². The predicted molar refractivity (Wildman–Crippen MR) is 77.8 cm³/mol. The molecule has 0 aliphatic rings. The van der Waals surface area contributed by atoms with Crippen LogP contribution in [0.1, 0.15) is 10.5 Å². The first-order valence-corrected chi connectivity index (χ1v) is 6.54. The number of methoxy groups -OCH3 is 1. The van der Waals surface area contributed by atoms with Crippen LogP contribution in [0.3, 0.4) is 0 Å². The number of carbonyl (C=O) groups excluding carboxylic acids is 1. The molecular weight excluding hydrogens is 291 g/mol. The average Bonchev–Trinajstić information content (AvgIpc) is 2.52. The summed E-state index contributed by atoms with van der Waals surface area (Å²) in [4.78, 5) is 26.0. The number of amides is 1. The number of aromatic nitrogens is 1. The van der Waals surface area contributed by atoms with E-state index in [0.717, 1.165) is 6.07 Å². The van der Waals surface area contributed by atoms with Crippen molar-refractivity contribution in [2.24, 2.45) is 0 Å². The summed E-state index contributed by atoms with van der Waals surface area (Å²) >= 11 is 0. The number of carbonyl (C=O) groups is 1. The lowest BCUT2D eigenvalue weighted by molar-refractivity contribution is 0.0941. The van der Waals surface area contributed by atoms with E-state index in [1.807, 2.05) is 0 Å². The van der Waals surface area contributed by atoms with Gasteiger partial charge in [-0.3, -0.25) is 9.59 Å². The van der Waals surface area contributed by atoms with E-state index < -0.39 is 17.2 Å². The normalized spacial score (nSPS) is 10.1. The number of hydrogen-bond acceptors (Lipinski definition) is 4. The van der Waals surface area contributed by atoms with E-state index in [4.69, 9.17) is 9.47 Å². The van der Waals surface area contributed by atoms with Crippen LogP contribution in [0.4, 0.5) is 4.39 Å². The molecule has 0 fully saturated rings. The Morgan fingerprint density at radius 2 is 2.09 bits per heavy atom. The van der Waals surface area contributed by atoms with Gasteiger partial charge < -0.3 is 19.8 Å². The first kappa shape index (κ1) is 15.6. The molecule has 0 atom stereocenters. The van der Waals surface area contributed by atoms with Gasteiger partial charge in [0.15, 0.2) is 17.3 Å². The number of para-hydroxylation sites is 1. The largest absolute Gasteiger partial charge is 0.491 e. The fraction of sp³-hybridized carbons (Fsp3) is 0.200. The van der Waals surface area contributed by atoms with E-state index in [9.17, 15) is 14.0 Å². The Kier molecular flexibility index (Phi) is 5.13. The van der Waals surface area contributed by atoms with Gasteiger partial charge in [-0.1, -0.05) is 12.1 Å². The zero-order chi connectivity index (χ0) is 15.9. The van der Waals surface area contributed by atoms with Crippen LogP contribution in [0.15, 0.2) is 41.3 Å². The SMILES string of the molecule is COc1c[nH]c(C(=O)NCCOc2ccccc2F)cc1=O. The third-order valence-corrected chi connectivity index (χ3v) is 2.82. The van der Waals surface area contributed by atoms with Crippen molar-refractivity contribution in [3.8, 4) is 11.5 Å². The number of hydrogen-bond donors (Lipinski definition) is 2. The average molecular weight is 306 g/mol. The minimum absolute atomic E-state index is 0.104. The van der Waals surface area contributed by atoms with E-state index >= 15 is 0 Å². The maximum Gasteiger partial charge on any atom is 0.267 e. The molecule has 0 saturated heterocycles. The van der Waals surface area contributed by atoms with Crippen LogP contribution in [0.5, 0.6) is 11.5 Å². The number of nitrogens with one attached hydrogen (secondary N) is 2. The van der Waals surface area contributed by atoms with Crippen molar-refractivity contribution >= 4 is 5.91 Å². The van der Waals surface area contributed by atoms with Gasteiger partial charge in [-0.15, -0.1) is 0 Å². The highest BCUT2D eigenvalue weighted by atomic mass is 19.1. The lowest BCUT2D eigenvalue weighted by Crippen LogP contribution is -2.29. The minimum atomic E-state index is -0.465. The molecule has 1 aromatic heterocycles. The molecule has 1 heterocycles. The van der Waals surface area contributed by atoms with Crippen LogP contribution < -0.4 is 20.2 Å². The van der Waals surface area contributed by atoms with E-state index in [2.05, 4.69) is 10.3 Å². The van der Waals surface area contributed by atoms with Gasteiger partial charge in [0.05, 0.1) is 13.7 Å². The molecule has 0 radical (unpaired) electrons. The van der Waals surface area contributed by atoms with Crippen LogP contribution in [-0.2, 0) is 0 Å². The minimum Gasteiger partial charge on any atom is -0.491 e. The van der Waals surface area contributed by atoms with E-state index in [0.29, 0.717) is 0 Å². The summed E-state index contributed by atoms with van der Waals surface area (Å²) in [6.45, 7) is 0.272.